The van der Waals surface area contributed by atoms with E-state index < -0.39 is 5.41 Å². The van der Waals surface area contributed by atoms with Crippen molar-refractivity contribution in [3.8, 4) is 0 Å². The fourth-order valence-electron chi connectivity index (χ4n) is 2.74. The molecule has 0 spiro atoms. The lowest BCUT2D eigenvalue weighted by Gasteiger charge is -2.34. The highest BCUT2D eigenvalue weighted by Gasteiger charge is 2.40. The summed E-state index contributed by atoms with van der Waals surface area (Å²) in [5, 5.41) is 2.88. The van der Waals surface area contributed by atoms with Crippen LogP contribution in [0.2, 0.25) is 0 Å². The van der Waals surface area contributed by atoms with Gasteiger partial charge in [0.25, 0.3) is 0 Å². The Morgan fingerprint density at radius 3 is 2.27 bits per heavy atom. The minimum Gasteiger partial charge on any atom is -0.335 e. The van der Waals surface area contributed by atoms with Gasteiger partial charge in [0.15, 0.2) is 0 Å². The van der Waals surface area contributed by atoms with Crippen molar-refractivity contribution in [3.63, 3.8) is 0 Å². The third-order valence-electron chi connectivity index (χ3n) is 4.46. The van der Waals surface area contributed by atoms with E-state index in [-0.39, 0.29) is 17.9 Å². The van der Waals surface area contributed by atoms with Gasteiger partial charge in [-0.25, -0.2) is 0 Å². The van der Waals surface area contributed by atoms with Crippen LogP contribution in [-0.4, -0.2) is 22.8 Å². The van der Waals surface area contributed by atoms with Crippen LogP contribution < -0.4 is 5.32 Å². The highest BCUT2D eigenvalue weighted by molar-refractivity contribution is 6.09. The average molecular weight is 352 g/mol. The van der Waals surface area contributed by atoms with E-state index in [2.05, 4.69) is 5.32 Å². The number of anilines is 1. The average Bonchev–Trinajstić information content (AvgIpc) is 2.59. The monoisotopic (exact) mass is 352 g/mol. The maximum Gasteiger partial charge on any atom is 0.239 e. The van der Waals surface area contributed by atoms with Crippen LogP contribution in [0.5, 0.6) is 0 Å². The van der Waals surface area contributed by atoms with Crippen LogP contribution in [-0.2, 0) is 16.1 Å². The van der Waals surface area contributed by atoms with E-state index in [0.717, 1.165) is 11.1 Å². The zero-order valence-electron chi connectivity index (χ0n) is 16.2. The Bertz CT molecular complexity index is 767. The molecule has 0 fully saturated rings. The van der Waals surface area contributed by atoms with Crippen molar-refractivity contribution in [2.75, 3.05) is 5.32 Å². The predicted octanol–water partition coefficient (Wildman–Crippen LogP) is 4.40. The quantitative estimate of drug-likeness (QED) is 0.784. The first-order chi connectivity index (χ1) is 12.2. The third-order valence-corrected chi connectivity index (χ3v) is 4.46. The summed E-state index contributed by atoms with van der Waals surface area (Å²) in [5.74, 6) is -0.478. The number of nitrogens with zero attached hydrogens (tertiary/aromatic N) is 1. The zero-order valence-corrected chi connectivity index (χ0v) is 16.2. The Balaban J connectivity index is 2.18. The molecule has 0 aliphatic heterocycles. The molecule has 2 aromatic carbocycles. The first-order valence-corrected chi connectivity index (χ1v) is 8.95. The molecule has 2 aromatic rings. The number of amides is 2. The van der Waals surface area contributed by atoms with Gasteiger partial charge in [-0.3, -0.25) is 9.59 Å². The smallest absolute Gasteiger partial charge is 0.239 e. The van der Waals surface area contributed by atoms with E-state index in [1.54, 1.807) is 18.7 Å². The molecule has 2 rings (SSSR count). The lowest BCUT2D eigenvalue weighted by Crippen LogP contribution is -2.49. The van der Waals surface area contributed by atoms with Gasteiger partial charge >= 0.3 is 0 Å². The Morgan fingerprint density at radius 2 is 1.69 bits per heavy atom. The van der Waals surface area contributed by atoms with Crippen molar-refractivity contribution in [1.82, 2.24) is 4.90 Å². The molecule has 0 unspecified atom stereocenters. The Morgan fingerprint density at radius 1 is 1.04 bits per heavy atom. The summed E-state index contributed by atoms with van der Waals surface area (Å²) in [4.78, 5) is 27.7. The molecule has 0 aliphatic rings. The summed E-state index contributed by atoms with van der Waals surface area (Å²) in [6, 6.07) is 17.4. The minimum atomic E-state index is -1.16. The summed E-state index contributed by atoms with van der Waals surface area (Å²) < 4.78 is 0. The van der Waals surface area contributed by atoms with E-state index in [0.29, 0.717) is 12.2 Å². The summed E-state index contributed by atoms with van der Waals surface area (Å²) in [6.45, 7) is 9.75. The molecular formula is C22H28N2O2. The topological polar surface area (TPSA) is 49.4 Å². The van der Waals surface area contributed by atoms with Gasteiger partial charge in [0.1, 0.15) is 5.41 Å². The maximum atomic E-state index is 13.2. The molecule has 0 aliphatic carbocycles. The minimum absolute atomic E-state index is 0.00579. The van der Waals surface area contributed by atoms with Crippen LogP contribution in [0.4, 0.5) is 5.69 Å². The second-order valence-electron chi connectivity index (χ2n) is 7.46. The van der Waals surface area contributed by atoms with Crippen molar-refractivity contribution in [1.29, 1.82) is 0 Å². The zero-order chi connectivity index (χ0) is 19.3. The number of aryl methyl sites for hydroxylation is 1. The third kappa shape index (κ3) is 4.72. The second-order valence-corrected chi connectivity index (χ2v) is 7.46. The summed E-state index contributed by atoms with van der Waals surface area (Å²) in [6.07, 6.45) is 0. The standard InChI is InChI=1S/C22H28N2O2/c1-16(2)24(15-18-11-7-6-8-12-18)21(26)22(4,5)20(25)23-19-13-9-10-17(3)14-19/h6-14,16H,15H2,1-5H3,(H,23,25). The molecule has 0 saturated carbocycles. The number of nitrogens with one attached hydrogen (secondary N) is 1. The van der Waals surface area contributed by atoms with Crippen molar-refractivity contribution < 1.29 is 9.59 Å². The molecule has 1 N–H and O–H groups in total. The van der Waals surface area contributed by atoms with Gasteiger partial charge in [-0.05, 0) is 57.9 Å². The highest BCUT2D eigenvalue weighted by atomic mass is 16.2. The molecule has 4 nitrogen and oxygen atoms in total. The van der Waals surface area contributed by atoms with Gasteiger partial charge in [0.05, 0.1) is 0 Å². The molecule has 138 valence electrons. The molecular weight excluding hydrogens is 324 g/mol. The van der Waals surface area contributed by atoms with E-state index in [1.807, 2.05) is 75.4 Å². The van der Waals surface area contributed by atoms with Gasteiger partial charge in [0.2, 0.25) is 11.8 Å². The van der Waals surface area contributed by atoms with E-state index >= 15 is 0 Å². The molecule has 2 amide bonds. The van der Waals surface area contributed by atoms with Gasteiger partial charge in [-0.1, -0.05) is 42.5 Å². The molecule has 4 heteroatoms. The molecule has 0 atom stereocenters. The van der Waals surface area contributed by atoms with Crippen LogP contribution in [0.15, 0.2) is 54.6 Å². The summed E-state index contributed by atoms with van der Waals surface area (Å²) >= 11 is 0. The van der Waals surface area contributed by atoms with Crippen LogP contribution in [0.25, 0.3) is 0 Å². The summed E-state index contributed by atoms with van der Waals surface area (Å²) in [7, 11) is 0. The van der Waals surface area contributed by atoms with E-state index in [1.165, 1.54) is 0 Å². The largest absolute Gasteiger partial charge is 0.335 e. The lowest BCUT2D eigenvalue weighted by molar-refractivity contribution is -0.148. The summed E-state index contributed by atoms with van der Waals surface area (Å²) in [5.41, 5.74) is 1.64. The SMILES string of the molecule is Cc1cccc(NC(=O)C(C)(C)C(=O)N(Cc2ccccc2)C(C)C)c1. The number of carbonyl (C=O) groups excluding carboxylic acids is 2. The number of hydrogen-bond donors (Lipinski definition) is 1. The van der Waals surface area contributed by atoms with Gasteiger partial charge in [0, 0.05) is 18.3 Å². The van der Waals surface area contributed by atoms with Gasteiger partial charge in [-0.2, -0.15) is 0 Å². The van der Waals surface area contributed by atoms with Crippen molar-refractivity contribution in [2.45, 2.75) is 47.2 Å². The fraction of sp³-hybridized carbons (Fsp3) is 0.364. The number of hydrogen-bond acceptors (Lipinski definition) is 2. The van der Waals surface area contributed by atoms with Gasteiger partial charge in [-0.15, -0.1) is 0 Å². The molecule has 0 heterocycles. The Hall–Kier alpha value is -2.62. The van der Waals surface area contributed by atoms with Crippen LogP contribution in [0.3, 0.4) is 0 Å². The predicted molar refractivity (Wildman–Crippen MR) is 106 cm³/mol. The van der Waals surface area contributed by atoms with Crippen LogP contribution in [0, 0.1) is 12.3 Å². The van der Waals surface area contributed by atoms with Crippen molar-refractivity contribution in [2.24, 2.45) is 5.41 Å². The first-order valence-electron chi connectivity index (χ1n) is 8.95. The lowest BCUT2D eigenvalue weighted by atomic mass is 9.89. The van der Waals surface area contributed by atoms with Crippen LogP contribution >= 0.6 is 0 Å². The number of rotatable bonds is 6. The van der Waals surface area contributed by atoms with Crippen molar-refractivity contribution >= 4 is 17.5 Å². The molecule has 26 heavy (non-hydrogen) atoms. The highest BCUT2D eigenvalue weighted by Crippen LogP contribution is 2.25. The van der Waals surface area contributed by atoms with E-state index in [4.69, 9.17) is 0 Å². The fourth-order valence-corrected chi connectivity index (χ4v) is 2.74. The van der Waals surface area contributed by atoms with Crippen molar-refractivity contribution in [3.05, 3.63) is 65.7 Å². The molecule has 0 aromatic heterocycles. The Kier molecular flexibility index (Phi) is 6.19. The maximum absolute atomic E-state index is 13.2. The van der Waals surface area contributed by atoms with Crippen LogP contribution in [0.1, 0.15) is 38.8 Å². The first kappa shape index (κ1) is 19.7. The molecule has 0 radical (unpaired) electrons. The normalized spacial score (nSPS) is 11.3. The van der Waals surface area contributed by atoms with Gasteiger partial charge < -0.3 is 10.2 Å². The van der Waals surface area contributed by atoms with E-state index in [9.17, 15) is 9.59 Å². The number of benzene rings is 2. The second kappa shape index (κ2) is 8.17. The number of carbonyl (C=O) groups is 2. The molecule has 0 bridgehead atoms. The molecule has 0 saturated heterocycles. The Labute approximate surface area is 156 Å².